The Morgan fingerprint density at radius 1 is 0.818 bits per heavy atom. The number of hydrogen-bond acceptors (Lipinski definition) is 2. The Kier molecular flexibility index (Phi) is 15.5. The predicted octanol–water partition coefficient (Wildman–Crippen LogP) is 6.36. The number of carbonyl (C=O) groups is 1. The third kappa shape index (κ3) is 13.9. The fourth-order valence-corrected chi connectivity index (χ4v) is 2.53. The number of methoxy groups -OCH3 is 1. The minimum Gasteiger partial charge on any atom is -0.466 e. The van der Waals surface area contributed by atoms with Crippen LogP contribution in [0.25, 0.3) is 0 Å². The lowest BCUT2D eigenvalue weighted by atomic mass is 9.99. The van der Waals surface area contributed by atoms with Crippen LogP contribution in [0.4, 0.5) is 0 Å². The van der Waals surface area contributed by atoms with Crippen molar-refractivity contribution in [1.29, 1.82) is 0 Å². The van der Waals surface area contributed by atoms with Crippen molar-refractivity contribution in [2.75, 3.05) is 7.11 Å². The zero-order chi connectivity index (χ0) is 16.5. The molecule has 0 aromatic heterocycles. The number of rotatable bonds is 14. The fourth-order valence-electron chi connectivity index (χ4n) is 2.53. The molecular formula is C20H36O2. The van der Waals surface area contributed by atoms with Crippen molar-refractivity contribution in [2.45, 2.75) is 90.9 Å². The molecule has 0 N–H and O–H groups in total. The van der Waals surface area contributed by atoms with Gasteiger partial charge in [-0.1, -0.05) is 82.9 Å². The summed E-state index contributed by atoms with van der Waals surface area (Å²) in [5, 5.41) is 0. The van der Waals surface area contributed by atoms with Gasteiger partial charge in [0.25, 0.3) is 0 Å². The molecule has 0 aromatic carbocycles. The molecule has 0 spiro atoms. The summed E-state index contributed by atoms with van der Waals surface area (Å²) in [4.78, 5) is 11.1. The lowest BCUT2D eigenvalue weighted by Crippen LogP contribution is -1.93. The Hall–Kier alpha value is -1.05. The normalized spacial score (nSPS) is 10.9. The van der Waals surface area contributed by atoms with Crippen molar-refractivity contribution in [2.24, 2.45) is 0 Å². The molecule has 22 heavy (non-hydrogen) atoms. The van der Waals surface area contributed by atoms with Gasteiger partial charge in [0.1, 0.15) is 0 Å². The summed E-state index contributed by atoms with van der Waals surface area (Å²) < 4.78 is 4.63. The number of carbonyl (C=O) groups excluding carboxylic acids is 1. The average molecular weight is 309 g/mol. The highest BCUT2D eigenvalue weighted by molar-refractivity contribution is 5.82. The van der Waals surface area contributed by atoms with Gasteiger partial charge in [-0.05, 0) is 25.7 Å². The summed E-state index contributed by atoms with van der Waals surface area (Å²) in [6, 6.07) is 0. The van der Waals surface area contributed by atoms with Crippen molar-refractivity contribution in [3.63, 3.8) is 0 Å². The van der Waals surface area contributed by atoms with E-state index in [9.17, 15) is 4.79 Å². The van der Waals surface area contributed by atoms with Crippen LogP contribution in [0, 0.1) is 0 Å². The molecule has 2 nitrogen and oxygen atoms in total. The van der Waals surface area contributed by atoms with Crippen LogP contribution in [0.3, 0.4) is 0 Å². The maximum atomic E-state index is 11.1. The molecule has 0 fully saturated rings. The Labute approximate surface area is 138 Å². The molecule has 0 amide bonds. The van der Waals surface area contributed by atoms with Crippen LogP contribution in [-0.2, 0) is 9.53 Å². The Bertz CT molecular complexity index is 300. The fraction of sp³-hybridized carbons (Fsp3) is 0.750. The van der Waals surface area contributed by atoms with Gasteiger partial charge in [-0.25, -0.2) is 4.79 Å². The first-order valence-electron chi connectivity index (χ1n) is 9.18. The SMILES string of the molecule is CCCCCCCC(=C/C=C/C(=O)OC)CCCCCCC. The van der Waals surface area contributed by atoms with E-state index >= 15 is 0 Å². The first-order chi connectivity index (χ1) is 10.7. The van der Waals surface area contributed by atoms with Gasteiger partial charge in [-0.3, -0.25) is 0 Å². The first kappa shape index (κ1) is 20.9. The van der Waals surface area contributed by atoms with Crippen molar-refractivity contribution in [3.05, 3.63) is 23.8 Å². The smallest absolute Gasteiger partial charge is 0.330 e. The third-order valence-corrected chi connectivity index (χ3v) is 3.97. The summed E-state index contributed by atoms with van der Waals surface area (Å²) in [6.07, 6.45) is 21.0. The van der Waals surface area contributed by atoms with Gasteiger partial charge in [-0.2, -0.15) is 0 Å². The Morgan fingerprint density at radius 2 is 1.32 bits per heavy atom. The van der Waals surface area contributed by atoms with E-state index in [0.29, 0.717) is 0 Å². The van der Waals surface area contributed by atoms with E-state index in [4.69, 9.17) is 0 Å². The second kappa shape index (κ2) is 16.3. The summed E-state index contributed by atoms with van der Waals surface area (Å²) in [5.41, 5.74) is 1.48. The summed E-state index contributed by atoms with van der Waals surface area (Å²) in [5.74, 6) is -0.276. The van der Waals surface area contributed by atoms with Crippen molar-refractivity contribution < 1.29 is 9.53 Å². The van der Waals surface area contributed by atoms with E-state index in [1.807, 2.05) is 6.08 Å². The van der Waals surface area contributed by atoms with E-state index in [1.165, 1.54) is 95.8 Å². The Morgan fingerprint density at radius 3 is 1.77 bits per heavy atom. The minimum absolute atomic E-state index is 0.276. The van der Waals surface area contributed by atoms with Crippen molar-refractivity contribution >= 4 is 5.97 Å². The van der Waals surface area contributed by atoms with Crippen molar-refractivity contribution in [3.8, 4) is 0 Å². The molecule has 0 saturated carbocycles. The monoisotopic (exact) mass is 308 g/mol. The average Bonchev–Trinajstić information content (AvgIpc) is 2.53. The minimum atomic E-state index is -0.276. The van der Waals surface area contributed by atoms with E-state index in [1.54, 1.807) is 0 Å². The predicted molar refractivity (Wildman–Crippen MR) is 96.0 cm³/mol. The zero-order valence-corrected chi connectivity index (χ0v) is 15.0. The molecule has 0 aliphatic rings. The number of allylic oxidation sites excluding steroid dienone is 3. The number of ether oxygens (including phenoxy) is 1. The lowest BCUT2D eigenvalue weighted by Gasteiger charge is -2.07. The van der Waals surface area contributed by atoms with E-state index in [-0.39, 0.29) is 5.97 Å². The van der Waals surface area contributed by atoms with Gasteiger partial charge < -0.3 is 4.74 Å². The largest absolute Gasteiger partial charge is 0.466 e. The molecule has 0 aromatic rings. The van der Waals surface area contributed by atoms with Gasteiger partial charge in [0.15, 0.2) is 0 Å². The quantitative estimate of drug-likeness (QED) is 0.161. The lowest BCUT2D eigenvalue weighted by molar-refractivity contribution is -0.134. The molecule has 2 heteroatoms. The highest BCUT2D eigenvalue weighted by Gasteiger charge is 1.99. The van der Waals surface area contributed by atoms with E-state index in [2.05, 4.69) is 24.7 Å². The molecular weight excluding hydrogens is 272 g/mol. The second-order valence-corrected chi connectivity index (χ2v) is 6.04. The second-order valence-electron chi connectivity index (χ2n) is 6.04. The van der Waals surface area contributed by atoms with Crippen LogP contribution in [0.15, 0.2) is 23.8 Å². The van der Waals surface area contributed by atoms with Crippen LogP contribution in [0.1, 0.15) is 90.9 Å². The third-order valence-electron chi connectivity index (χ3n) is 3.97. The number of unbranched alkanes of at least 4 members (excludes halogenated alkanes) is 8. The number of hydrogen-bond donors (Lipinski definition) is 0. The summed E-state index contributed by atoms with van der Waals surface area (Å²) in [6.45, 7) is 4.50. The molecule has 0 aliphatic heterocycles. The highest BCUT2D eigenvalue weighted by Crippen LogP contribution is 2.18. The zero-order valence-electron chi connectivity index (χ0n) is 15.0. The molecule has 0 bridgehead atoms. The van der Waals surface area contributed by atoms with Crippen LogP contribution in [0.5, 0.6) is 0 Å². The molecule has 0 aliphatic carbocycles. The maximum absolute atomic E-state index is 11.1. The van der Waals surface area contributed by atoms with Gasteiger partial charge in [0, 0.05) is 6.08 Å². The van der Waals surface area contributed by atoms with Crippen molar-refractivity contribution in [1.82, 2.24) is 0 Å². The topological polar surface area (TPSA) is 26.3 Å². The van der Waals surface area contributed by atoms with Crippen LogP contribution in [0.2, 0.25) is 0 Å². The summed E-state index contributed by atoms with van der Waals surface area (Å²) in [7, 11) is 1.42. The molecule has 0 radical (unpaired) electrons. The van der Waals surface area contributed by atoms with E-state index < -0.39 is 0 Å². The molecule has 0 rings (SSSR count). The maximum Gasteiger partial charge on any atom is 0.330 e. The molecule has 128 valence electrons. The first-order valence-corrected chi connectivity index (χ1v) is 9.18. The molecule has 0 saturated heterocycles. The molecule has 0 unspecified atom stereocenters. The molecule has 0 atom stereocenters. The van der Waals surface area contributed by atoms with Gasteiger partial charge in [0.05, 0.1) is 7.11 Å². The van der Waals surface area contributed by atoms with Gasteiger partial charge >= 0.3 is 5.97 Å². The van der Waals surface area contributed by atoms with Crippen LogP contribution < -0.4 is 0 Å². The standard InChI is InChI=1S/C20H36O2/c1-4-6-8-10-12-15-19(16-13-11-9-7-5-2)17-14-18-20(21)22-3/h14,17-18H,4-13,15-16H2,1-3H3/b18-14+. The summed E-state index contributed by atoms with van der Waals surface area (Å²) >= 11 is 0. The van der Waals surface area contributed by atoms with Crippen LogP contribution >= 0.6 is 0 Å². The number of esters is 1. The van der Waals surface area contributed by atoms with Gasteiger partial charge in [-0.15, -0.1) is 0 Å². The Balaban J connectivity index is 4.15. The molecule has 0 heterocycles. The van der Waals surface area contributed by atoms with Crippen LogP contribution in [-0.4, -0.2) is 13.1 Å². The highest BCUT2D eigenvalue weighted by atomic mass is 16.5. The van der Waals surface area contributed by atoms with Gasteiger partial charge in [0.2, 0.25) is 0 Å². The van der Waals surface area contributed by atoms with E-state index in [0.717, 1.165) is 0 Å².